The summed E-state index contributed by atoms with van der Waals surface area (Å²) in [7, 11) is 4.37. The quantitative estimate of drug-likeness (QED) is 0.715. The first-order valence-corrected chi connectivity index (χ1v) is 8.79. The first-order chi connectivity index (χ1) is 12.0. The van der Waals surface area contributed by atoms with Crippen LogP contribution in [0.5, 0.6) is 0 Å². The first-order valence-electron chi connectivity index (χ1n) is 8.79. The van der Waals surface area contributed by atoms with Crippen molar-refractivity contribution in [3.8, 4) is 0 Å². The molecule has 3 aromatic heterocycles. The summed E-state index contributed by atoms with van der Waals surface area (Å²) in [6.45, 7) is 6.34. The fourth-order valence-electron chi connectivity index (χ4n) is 3.90. The molecule has 0 fully saturated rings. The van der Waals surface area contributed by atoms with E-state index < -0.39 is 0 Å². The lowest BCUT2D eigenvalue weighted by molar-refractivity contribution is 0.310. The summed E-state index contributed by atoms with van der Waals surface area (Å²) in [6, 6.07) is 6.31. The summed E-state index contributed by atoms with van der Waals surface area (Å²) in [4.78, 5) is 11.4. The smallest absolute Gasteiger partial charge is 0.0938 e. The highest BCUT2D eigenvalue weighted by atomic mass is 15.1. The highest BCUT2D eigenvalue weighted by molar-refractivity contribution is 5.94. The first kappa shape index (κ1) is 16.0. The van der Waals surface area contributed by atoms with Crippen molar-refractivity contribution in [2.75, 3.05) is 13.6 Å². The van der Waals surface area contributed by atoms with Crippen LogP contribution in [-0.2, 0) is 20.0 Å². The van der Waals surface area contributed by atoms with Gasteiger partial charge in [0.2, 0.25) is 0 Å². The van der Waals surface area contributed by atoms with Crippen LogP contribution in [0, 0.1) is 6.92 Å². The van der Waals surface area contributed by atoms with Gasteiger partial charge in [0.1, 0.15) is 0 Å². The molecule has 0 saturated heterocycles. The molecule has 0 aliphatic carbocycles. The molecular weight excluding hydrogens is 308 g/mol. The van der Waals surface area contributed by atoms with Crippen LogP contribution in [-0.4, -0.2) is 33.0 Å². The van der Waals surface area contributed by atoms with Gasteiger partial charge in [-0.05, 0) is 56.3 Å². The molecule has 1 aliphatic heterocycles. The second-order valence-electron chi connectivity index (χ2n) is 7.09. The Labute approximate surface area is 148 Å². The van der Waals surface area contributed by atoms with Crippen LogP contribution in [0.25, 0.3) is 22.7 Å². The lowest BCUT2D eigenvalue weighted by Crippen LogP contribution is -2.27. The van der Waals surface area contributed by atoms with Crippen LogP contribution in [0.4, 0.5) is 0 Å². The van der Waals surface area contributed by atoms with E-state index in [1.165, 1.54) is 33.5 Å². The Morgan fingerprint density at radius 1 is 1.20 bits per heavy atom. The summed E-state index contributed by atoms with van der Waals surface area (Å²) in [5.41, 5.74) is 10.0. The molecule has 0 unspecified atom stereocenters. The van der Waals surface area contributed by atoms with Gasteiger partial charge in [0.15, 0.2) is 0 Å². The Morgan fingerprint density at radius 2 is 1.96 bits per heavy atom. The van der Waals surface area contributed by atoms with Gasteiger partial charge in [-0.3, -0.25) is 9.97 Å². The van der Waals surface area contributed by atoms with Gasteiger partial charge >= 0.3 is 0 Å². The molecular formula is C21H24N4. The van der Waals surface area contributed by atoms with Crippen molar-refractivity contribution in [1.29, 1.82) is 0 Å². The molecule has 0 atom stereocenters. The predicted octanol–water partition coefficient (Wildman–Crippen LogP) is 3.83. The molecule has 0 amide bonds. The molecule has 4 nitrogen and oxygen atoms in total. The molecule has 0 bridgehead atoms. The van der Waals surface area contributed by atoms with Crippen LogP contribution in [0.2, 0.25) is 0 Å². The average molecular weight is 332 g/mol. The van der Waals surface area contributed by atoms with E-state index in [2.05, 4.69) is 66.7 Å². The van der Waals surface area contributed by atoms with Crippen molar-refractivity contribution in [2.45, 2.75) is 26.8 Å². The number of pyridine rings is 2. The Kier molecular flexibility index (Phi) is 3.92. The summed E-state index contributed by atoms with van der Waals surface area (Å²) in [6.07, 6.45) is 7.06. The van der Waals surface area contributed by atoms with Gasteiger partial charge in [-0.2, -0.15) is 0 Å². The third-order valence-electron chi connectivity index (χ3n) is 5.19. The molecule has 128 valence electrons. The number of hydrogen-bond donors (Lipinski definition) is 0. The number of fused-ring (bicyclic) bond motifs is 3. The third-order valence-corrected chi connectivity index (χ3v) is 5.19. The van der Waals surface area contributed by atoms with E-state index in [0.29, 0.717) is 0 Å². The van der Waals surface area contributed by atoms with Crippen LogP contribution in [0.3, 0.4) is 0 Å². The normalized spacial score (nSPS) is 15.6. The molecule has 0 saturated carbocycles. The topological polar surface area (TPSA) is 34.0 Å². The molecule has 0 N–H and O–H groups in total. The van der Waals surface area contributed by atoms with E-state index in [1.807, 2.05) is 12.4 Å². The summed E-state index contributed by atoms with van der Waals surface area (Å²) in [5, 5.41) is 0. The molecule has 4 rings (SSSR count). The molecule has 3 aromatic rings. The van der Waals surface area contributed by atoms with E-state index in [-0.39, 0.29) is 0 Å². The van der Waals surface area contributed by atoms with E-state index in [1.54, 1.807) is 0 Å². The maximum absolute atomic E-state index is 4.90. The Balaban J connectivity index is 1.93. The summed E-state index contributed by atoms with van der Waals surface area (Å²) >= 11 is 0. The minimum Gasteiger partial charge on any atom is -0.345 e. The second-order valence-corrected chi connectivity index (χ2v) is 7.09. The van der Waals surface area contributed by atoms with E-state index in [0.717, 1.165) is 30.7 Å². The van der Waals surface area contributed by atoms with Crippen molar-refractivity contribution in [2.24, 2.45) is 7.05 Å². The van der Waals surface area contributed by atoms with Gasteiger partial charge in [0.25, 0.3) is 0 Å². The predicted molar refractivity (Wildman–Crippen MR) is 103 cm³/mol. The molecule has 4 heterocycles. The largest absolute Gasteiger partial charge is 0.345 e. The van der Waals surface area contributed by atoms with E-state index >= 15 is 0 Å². The number of allylic oxidation sites excluding steroid dienone is 1. The maximum Gasteiger partial charge on any atom is 0.0938 e. The number of rotatable bonds is 2. The third kappa shape index (κ3) is 2.76. The van der Waals surface area contributed by atoms with Crippen molar-refractivity contribution in [3.63, 3.8) is 0 Å². The highest BCUT2D eigenvalue weighted by Crippen LogP contribution is 2.32. The Bertz CT molecular complexity index is 967. The zero-order valence-corrected chi connectivity index (χ0v) is 15.4. The summed E-state index contributed by atoms with van der Waals surface area (Å²) < 4.78 is 2.36. The maximum atomic E-state index is 4.90. The summed E-state index contributed by atoms with van der Waals surface area (Å²) in [5.74, 6) is 0. The zero-order chi connectivity index (χ0) is 17.6. The molecule has 1 aliphatic rings. The lowest BCUT2D eigenvalue weighted by Gasteiger charge is -2.23. The molecule has 0 radical (unpaired) electrons. The van der Waals surface area contributed by atoms with Crippen molar-refractivity contribution >= 4 is 22.7 Å². The number of aryl methyl sites for hydroxylation is 2. The van der Waals surface area contributed by atoms with Crippen LogP contribution in [0.15, 0.2) is 30.6 Å². The standard InChI is InChI=1S/C21H24N4/c1-14(16-5-8-22-9-6-16)11-17-12-15(2)23-20-18-13-24(3)10-7-19(18)25(4)21(17)20/h5-6,8-9,11-12H,7,10,13H2,1-4H3. The van der Waals surface area contributed by atoms with Gasteiger partial charge in [0.05, 0.1) is 11.0 Å². The number of likely N-dealkylation sites (N-methyl/N-ethyl adjacent to an activating group) is 1. The van der Waals surface area contributed by atoms with Gasteiger partial charge in [0, 0.05) is 61.5 Å². The van der Waals surface area contributed by atoms with E-state index in [9.17, 15) is 0 Å². The van der Waals surface area contributed by atoms with Gasteiger partial charge in [-0.1, -0.05) is 0 Å². The number of aromatic nitrogens is 3. The highest BCUT2D eigenvalue weighted by Gasteiger charge is 2.23. The fraction of sp³-hybridized carbons (Fsp3) is 0.333. The lowest BCUT2D eigenvalue weighted by atomic mass is 10.0. The SMILES string of the molecule is CC(=Cc1cc(C)nc2c3c(n(C)c12)CCN(C)C3)c1ccncc1. The molecule has 4 heteroatoms. The number of hydrogen-bond acceptors (Lipinski definition) is 3. The molecule has 0 aromatic carbocycles. The van der Waals surface area contributed by atoms with Crippen molar-refractivity contribution in [3.05, 3.63) is 58.7 Å². The number of nitrogens with zero attached hydrogens (tertiary/aromatic N) is 4. The zero-order valence-electron chi connectivity index (χ0n) is 15.4. The van der Waals surface area contributed by atoms with Gasteiger partial charge in [-0.25, -0.2) is 0 Å². The Hall–Kier alpha value is -2.46. The minimum atomic E-state index is 0.982. The van der Waals surface area contributed by atoms with E-state index in [4.69, 9.17) is 4.98 Å². The second kappa shape index (κ2) is 6.12. The van der Waals surface area contributed by atoms with Crippen molar-refractivity contribution in [1.82, 2.24) is 19.4 Å². The monoisotopic (exact) mass is 332 g/mol. The van der Waals surface area contributed by atoms with Crippen LogP contribution in [0.1, 0.15) is 35.0 Å². The minimum absolute atomic E-state index is 0.982. The molecule has 0 spiro atoms. The van der Waals surface area contributed by atoms with Gasteiger partial charge < -0.3 is 9.47 Å². The molecule has 25 heavy (non-hydrogen) atoms. The fourth-order valence-corrected chi connectivity index (χ4v) is 3.90. The van der Waals surface area contributed by atoms with Crippen LogP contribution < -0.4 is 0 Å². The average Bonchev–Trinajstić information content (AvgIpc) is 2.87. The van der Waals surface area contributed by atoms with Gasteiger partial charge in [-0.15, -0.1) is 0 Å². The van der Waals surface area contributed by atoms with Crippen molar-refractivity contribution < 1.29 is 0 Å². The Morgan fingerprint density at radius 3 is 2.72 bits per heavy atom. The van der Waals surface area contributed by atoms with Crippen LogP contribution >= 0.6 is 0 Å².